The Balaban J connectivity index is 1.39. The summed E-state index contributed by atoms with van der Waals surface area (Å²) in [5, 5.41) is 8.49. The molecule has 3 heterocycles. The number of pyridine rings is 1. The molecule has 0 atom stereocenters. The average Bonchev–Trinajstić information content (AvgIpc) is 3.30. The predicted molar refractivity (Wildman–Crippen MR) is 111 cm³/mol. The van der Waals surface area contributed by atoms with E-state index in [2.05, 4.69) is 20.1 Å². The van der Waals surface area contributed by atoms with Crippen LogP contribution in [-0.4, -0.2) is 54.5 Å². The summed E-state index contributed by atoms with van der Waals surface area (Å²) in [5.41, 5.74) is 2.02. The molecule has 1 aliphatic rings. The first-order valence-corrected chi connectivity index (χ1v) is 9.97. The van der Waals surface area contributed by atoms with Crippen molar-refractivity contribution in [2.75, 3.05) is 34.4 Å². The van der Waals surface area contributed by atoms with Crippen LogP contribution in [-0.2, 0) is 6.54 Å². The van der Waals surface area contributed by atoms with Crippen LogP contribution >= 0.6 is 0 Å². The van der Waals surface area contributed by atoms with Crippen LogP contribution in [0.2, 0.25) is 0 Å². The second-order valence-electron chi connectivity index (χ2n) is 7.27. The molecule has 1 saturated heterocycles. The first kappa shape index (κ1) is 20.2. The standard InChI is InChI=1S/C22H26N4O4/c1-27-18-12-15(13-19(28-2)20(18)29-3)14-26-10-6-17(7-11-26)22-25-24-21(30-22)16-4-8-23-9-5-16/h4-5,8-9,12-13,17H,6-7,10-11,14H2,1-3H3. The van der Waals surface area contributed by atoms with Gasteiger partial charge in [-0.2, -0.15) is 0 Å². The Morgan fingerprint density at radius 1 is 0.967 bits per heavy atom. The fraction of sp³-hybridized carbons (Fsp3) is 0.409. The van der Waals surface area contributed by atoms with Crippen LogP contribution < -0.4 is 14.2 Å². The summed E-state index contributed by atoms with van der Waals surface area (Å²) >= 11 is 0. The highest BCUT2D eigenvalue weighted by Gasteiger charge is 2.26. The minimum atomic E-state index is 0.282. The Hall–Kier alpha value is -3.13. The topological polar surface area (TPSA) is 82.7 Å². The molecule has 0 amide bonds. The number of ether oxygens (including phenoxy) is 3. The Bertz CT molecular complexity index is 943. The molecule has 0 aliphatic carbocycles. The number of benzene rings is 1. The van der Waals surface area contributed by atoms with E-state index in [-0.39, 0.29) is 5.92 Å². The molecule has 8 heteroatoms. The maximum Gasteiger partial charge on any atom is 0.247 e. The van der Waals surface area contributed by atoms with Crippen molar-refractivity contribution in [3.63, 3.8) is 0 Å². The fourth-order valence-electron chi connectivity index (χ4n) is 3.83. The van der Waals surface area contributed by atoms with E-state index in [4.69, 9.17) is 18.6 Å². The minimum Gasteiger partial charge on any atom is -0.493 e. The number of hydrogen-bond donors (Lipinski definition) is 0. The molecular formula is C22H26N4O4. The lowest BCUT2D eigenvalue weighted by Gasteiger charge is -2.30. The van der Waals surface area contributed by atoms with Crippen LogP contribution in [0.4, 0.5) is 0 Å². The third-order valence-electron chi connectivity index (χ3n) is 5.44. The molecule has 0 unspecified atom stereocenters. The van der Waals surface area contributed by atoms with Crippen molar-refractivity contribution in [2.24, 2.45) is 0 Å². The second kappa shape index (κ2) is 9.13. The SMILES string of the molecule is COc1cc(CN2CCC(c3nnc(-c4ccncc4)o3)CC2)cc(OC)c1OC. The van der Waals surface area contributed by atoms with Gasteiger partial charge in [-0.3, -0.25) is 9.88 Å². The van der Waals surface area contributed by atoms with Crippen LogP contribution in [0.1, 0.15) is 30.2 Å². The molecule has 30 heavy (non-hydrogen) atoms. The van der Waals surface area contributed by atoms with Gasteiger partial charge in [0.25, 0.3) is 0 Å². The van der Waals surface area contributed by atoms with Gasteiger partial charge in [0.15, 0.2) is 11.5 Å². The zero-order chi connectivity index (χ0) is 20.9. The first-order valence-electron chi connectivity index (χ1n) is 9.97. The monoisotopic (exact) mass is 410 g/mol. The summed E-state index contributed by atoms with van der Waals surface area (Å²) in [5.74, 6) is 3.52. The summed E-state index contributed by atoms with van der Waals surface area (Å²) in [6.07, 6.45) is 5.40. The van der Waals surface area contributed by atoms with Crippen LogP contribution in [0.3, 0.4) is 0 Å². The molecule has 8 nitrogen and oxygen atoms in total. The predicted octanol–water partition coefficient (Wildman–Crippen LogP) is 3.54. The van der Waals surface area contributed by atoms with Crippen molar-refractivity contribution in [3.05, 3.63) is 48.1 Å². The Labute approximate surface area is 175 Å². The van der Waals surface area contributed by atoms with Gasteiger partial charge in [0.1, 0.15) is 0 Å². The van der Waals surface area contributed by atoms with Crippen molar-refractivity contribution in [2.45, 2.75) is 25.3 Å². The first-order chi connectivity index (χ1) is 14.7. The molecule has 4 rings (SSSR count). The molecule has 0 spiro atoms. The van der Waals surface area contributed by atoms with E-state index in [0.717, 1.165) is 43.6 Å². The normalized spacial score (nSPS) is 15.2. The van der Waals surface area contributed by atoms with Crippen LogP contribution in [0.15, 0.2) is 41.1 Å². The van der Waals surface area contributed by atoms with E-state index in [0.29, 0.717) is 29.0 Å². The Kier molecular flexibility index (Phi) is 6.13. The highest BCUT2D eigenvalue weighted by Crippen LogP contribution is 2.39. The quantitative estimate of drug-likeness (QED) is 0.585. The van der Waals surface area contributed by atoms with Gasteiger partial charge in [-0.25, -0.2) is 0 Å². The maximum atomic E-state index is 5.93. The highest BCUT2D eigenvalue weighted by atomic mass is 16.5. The van der Waals surface area contributed by atoms with E-state index < -0.39 is 0 Å². The van der Waals surface area contributed by atoms with E-state index in [9.17, 15) is 0 Å². The van der Waals surface area contributed by atoms with Crippen LogP contribution in [0, 0.1) is 0 Å². The van der Waals surface area contributed by atoms with Gasteiger partial charge >= 0.3 is 0 Å². The van der Waals surface area contributed by atoms with Crippen LogP contribution in [0.5, 0.6) is 17.2 Å². The fourth-order valence-corrected chi connectivity index (χ4v) is 3.83. The van der Waals surface area contributed by atoms with Gasteiger partial charge in [-0.15, -0.1) is 10.2 Å². The largest absolute Gasteiger partial charge is 0.493 e. The lowest BCUT2D eigenvalue weighted by molar-refractivity contribution is 0.192. The van der Waals surface area contributed by atoms with Crippen molar-refractivity contribution in [1.29, 1.82) is 0 Å². The Morgan fingerprint density at radius 2 is 1.63 bits per heavy atom. The average molecular weight is 410 g/mol. The van der Waals surface area contributed by atoms with E-state index in [1.54, 1.807) is 33.7 Å². The van der Waals surface area contributed by atoms with Gasteiger partial charge in [0.2, 0.25) is 17.5 Å². The molecule has 1 aliphatic heterocycles. The number of aromatic nitrogens is 3. The number of piperidine rings is 1. The third kappa shape index (κ3) is 4.23. The summed E-state index contributed by atoms with van der Waals surface area (Å²) in [4.78, 5) is 6.44. The van der Waals surface area contributed by atoms with E-state index >= 15 is 0 Å². The lowest BCUT2D eigenvalue weighted by atomic mass is 9.96. The lowest BCUT2D eigenvalue weighted by Crippen LogP contribution is -2.32. The summed E-state index contributed by atoms with van der Waals surface area (Å²) in [6.45, 7) is 2.72. The molecule has 2 aromatic heterocycles. The van der Waals surface area contributed by atoms with Gasteiger partial charge in [-0.1, -0.05) is 0 Å². The van der Waals surface area contributed by atoms with Crippen molar-refractivity contribution in [1.82, 2.24) is 20.1 Å². The summed E-state index contributed by atoms with van der Waals surface area (Å²) in [6, 6.07) is 7.76. The number of likely N-dealkylation sites (tertiary alicyclic amines) is 1. The van der Waals surface area contributed by atoms with Gasteiger partial charge in [0, 0.05) is 30.4 Å². The minimum absolute atomic E-state index is 0.282. The molecule has 158 valence electrons. The number of nitrogens with zero attached hydrogens (tertiary/aromatic N) is 4. The molecule has 0 radical (unpaired) electrons. The molecule has 3 aromatic rings. The molecule has 0 N–H and O–H groups in total. The number of hydrogen-bond acceptors (Lipinski definition) is 8. The highest BCUT2D eigenvalue weighted by molar-refractivity contribution is 5.54. The van der Waals surface area contributed by atoms with E-state index in [1.807, 2.05) is 24.3 Å². The van der Waals surface area contributed by atoms with Gasteiger partial charge in [-0.05, 0) is 55.8 Å². The molecule has 0 bridgehead atoms. The second-order valence-corrected chi connectivity index (χ2v) is 7.27. The zero-order valence-electron chi connectivity index (χ0n) is 17.5. The number of methoxy groups -OCH3 is 3. The van der Waals surface area contributed by atoms with E-state index in [1.165, 1.54) is 0 Å². The molecule has 1 fully saturated rings. The smallest absolute Gasteiger partial charge is 0.247 e. The van der Waals surface area contributed by atoms with Crippen molar-refractivity contribution >= 4 is 0 Å². The number of rotatable bonds is 7. The van der Waals surface area contributed by atoms with Crippen LogP contribution in [0.25, 0.3) is 11.5 Å². The molecule has 0 saturated carbocycles. The third-order valence-corrected chi connectivity index (χ3v) is 5.44. The molecule has 1 aromatic carbocycles. The van der Waals surface area contributed by atoms with Crippen molar-refractivity contribution in [3.8, 4) is 28.7 Å². The summed E-state index contributed by atoms with van der Waals surface area (Å²) < 4.78 is 22.3. The van der Waals surface area contributed by atoms with Gasteiger partial charge in [0.05, 0.1) is 21.3 Å². The zero-order valence-corrected chi connectivity index (χ0v) is 17.5. The van der Waals surface area contributed by atoms with Gasteiger partial charge < -0.3 is 18.6 Å². The summed E-state index contributed by atoms with van der Waals surface area (Å²) in [7, 11) is 4.89. The van der Waals surface area contributed by atoms with Crippen molar-refractivity contribution < 1.29 is 18.6 Å². The Morgan fingerprint density at radius 3 is 2.23 bits per heavy atom. The maximum absolute atomic E-state index is 5.93. The molecular weight excluding hydrogens is 384 g/mol.